The van der Waals surface area contributed by atoms with Crippen molar-refractivity contribution in [2.24, 2.45) is 0 Å². The third-order valence-electron chi connectivity index (χ3n) is 4.06. The predicted octanol–water partition coefficient (Wildman–Crippen LogP) is 2.73. The van der Waals surface area contributed by atoms with Crippen molar-refractivity contribution >= 4 is 12.2 Å². The number of hydrogen-bond acceptors (Lipinski definition) is 5. The number of hydrogen-bond donors (Lipinski definition) is 1. The molecule has 0 bridgehead atoms. The van der Waals surface area contributed by atoms with Crippen LogP contribution in [0, 0.1) is 4.77 Å². The highest BCUT2D eigenvalue weighted by atomic mass is 32.1. The Hall–Kier alpha value is -1.86. The molecule has 1 saturated heterocycles. The minimum atomic E-state index is 0.225. The van der Waals surface area contributed by atoms with Gasteiger partial charge in [0.15, 0.2) is 16.3 Å². The van der Waals surface area contributed by atoms with E-state index in [9.17, 15) is 0 Å². The normalized spacial score (nSPS) is 17.4. The second-order valence-electron chi connectivity index (χ2n) is 5.56. The third-order valence-corrected chi connectivity index (χ3v) is 4.37. The largest absolute Gasteiger partial charge is 0.493 e. The summed E-state index contributed by atoms with van der Waals surface area (Å²) in [6, 6.07) is 5.88. The molecule has 1 N–H and O–H groups in total. The molecule has 2 heterocycles. The molecule has 124 valence electrons. The summed E-state index contributed by atoms with van der Waals surface area (Å²) in [7, 11) is 3.26. The van der Waals surface area contributed by atoms with Crippen LogP contribution in [0.4, 0.5) is 0 Å². The van der Waals surface area contributed by atoms with E-state index in [4.69, 9.17) is 26.4 Å². The van der Waals surface area contributed by atoms with Crippen molar-refractivity contribution < 1.29 is 14.2 Å². The first-order valence-corrected chi connectivity index (χ1v) is 8.08. The standard InChI is InChI=1S/C16H21N3O3S/c1-20-13-6-5-11(8-14(13)21-2)9-15-17-18-16(23)19(15)10-12-4-3-7-22-12/h5-6,8,12H,3-4,7,9-10H2,1-2H3,(H,18,23). The molecule has 7 heteroatoms. The average Bonchev–Trinajstić information content (AvgIpc) is 3.20. The van der Waals surface area contributed by atoms with Gasteiger partial charge >= 0.3 is 0 Å². The molecule has 1 aliphatic rings. The van der Waals surface area contributed by atoms with Gasteiger partial charge in [-0.15, -0.1) is 0 Å². The van der Waals surface area contributed by atoms with E-state index in [1.54, 1.807) is 14.2 Å². The lowest BCUT2D eigenvalue weighted by Gasteiger charge is -2.13. The van der Waals surface area contributed by atoms with Crippen molar-refractivity contribution in [1.82, 2.24) is 14.8 Å². The molecular weight excluding hydrogens is 314 g/mol. The molecule has 3 rings (SSSR count). The first kappa shape index (κ1) is 16.0. The zero-order valence-electron chi connectivity index (χ0n) is 13.4. The Morgan fingerprint density at radius 1 is 1.35 bits per heavy atom. The smallest absolute Gasteiger partial charge is 0.195 e. The van der Waals surface area contributed by atoms with Gasteiger partial charge in [0.05, 0.1) is 26.9 Å². The van der Waals surface area contributed by atoms with Gasteiger partial charge < -0.3 is 18.8 Å². The van der Waals surface area contributed by atoms with Gasteiger partial charge in [-0.2, -0.15) is 5.10 Å². The number of nitrogens with zero attached hydrogens (tertiary/aromatic N) is 2. The summed E-state index contributed by atoms with van der Waals surface area (Å²) in [4.78, 5) is 0. The fourth-order valence-corrected chi connectivity index (χ4v) is 3.06. The van der Waals surface area contributed by atoms with Crippen molar-refractivity contribution in [2.75, 3.05) is 20.8 Å². The highest BCUT2D eigenvalue weighted by Gasteiger charge is 2.19. The maximum absolute atomic E-state index is 5.71. The number of H-pyrrole nitrogens is 1. The van der Waals surface area contributed by atoms with E-state index in [1.807, 2.05) is 22.8 Å². The van der Waals surface area contributed by atoms with Crippen LogP contribution in [-0.4, -0.2) is 41.7 Å². The van der Waals surface area contributed by atoms with E-state index < -0.39 is 0 Å². The topological polar surface area (TPSA) is 61.3 Å². The molecule has 0 saturated carbocycles. The van der Waals surface area contributed by atoms with Crippen molar-refractivity contribution in [3.05, 3.63) is 34.4 Å². The highest BCUT2D eigenvalue weighted by Crippen LogP contribution is 2.28. The summed E-state index contributed by atoms with van der Waals surface area (Å²) < 4.78 is 19.0. The van der Waals surface area contributed by atoms with Crippen molar-refractivity contribution in [1.29, 1.82) is 0 Å². The van der Waals surface area contributed by atoms with Crippen LogP contribution in [-0.2, 0) is 17.7 Å². The second kappa shape index (κ2) is 7.14. The van der Waals surface area contributed by atoms with Crippen LogP contribution in [0.25, 0.3) is 0 Å². The van der Waals surface area contributed by atoms with E-state index in [-0.39, 0.29) is 6.10 Å². The average molecular weight is 335 g/mol. The Bertz CT molecular complexity index is 720. The number of aromatic amines is 1. The Morgan fingerprint density at radius 3 is 2.87 bits per heavy atom. The molecule has 0 aliphatic carbocycles. The number of rotatable bonds is 6. The van der Waals surface area contributed by atoms with Crippen LogP contribution in [0.2, 0.25) is 0 Å². The van der Waals surface area contributed by atoms with E-state index in [1.165, 1.54) is 0 Å². The fraction of sp³-hybridized carbons (Fsp3) is 0.500. The molecule has 0 spiro atoms. The summed E-state index contributed by atoms with van der Waals surface area (Å²) >= 11 is 5.36. The molecule has 6 nitrogen and oxygen atoms in total. The van der Waals surface area contributed by atoms with Gasteiger partial charge in [0.2, 0.25) is 0 Å². The Kier molecular flexibility index (Phi) is 4.97. The van der Waals surface area contributed by atoms with E-state index in [0.29, 0.717) is 16.9 Å². The number of ether oxygens (including phenoxy) is 3. The quantitative estimate of drug-likeness (QED) is 0.823. The SMILES string of the molecule is COc1ccc(Cc2n[nH]c(=S)n2CC2CCCO2)cc1OC. The molecule has 1 atom stereocenters. The van der Waals surface area contributed by atoms with E-state index in [2.05, 4.69) is 10.2 Å². The first-order valence-electron chi connectivity index (χ1n) is 7.68. The van der Waals surface area contributed by atoms with Crippen LogP contribution in [0.5, 0.6) is 11.5 Å². The van der Waals surface area contributed by atoms with Gasteiger partial charge in [0.25, 0.3) is 0 Å². The van der Waals surface area contributed by atoms with Gasteiger partial charge in [-0.1, -0.05) is 6.07 Å². The van der Waals surface area contributed by atoms with Crippen LogP contribution in [0.1, 0.15) is 24.2 Å². The second-order valence-corrected chi connectivity index (χ2v) is 5.94. The maximum Gasteiger partial charge on any atom is 0.195 e. The number of methoxy groups -OCH3 is 2. The molecule has 0 radical (unpaired) electrons. The summed E-state index contributed by atoms with van der Waals surface area (Å²) in [6.45, 7) is 1.58. The summed E-state index contributed by atoms with van der Waals surface area (Å²) in [6.07, 6.45) is 3.08. The lowest BCUT2D eigenvalue weighted by Crippen LogP contribution is -2.17. The van der Waals surface area contributed by atoms with E-state index >= 15 is 0 Å². The van der Waals surface area contributed by atoms with Gasteiger partial charge in [0, 0.05) is 13.0 Å². The lowest BCUT2D eigenvalue weighted by molar-refractivity contribution is 0.0960. The minimum Gasteiger partial charge on any atom is -0.493 e. The molecular formula is C16H21N3O3S. The molecule has 0 amide bonds. The number of aromatic nitrogens is 3. The Labute approximate surface area is 140 Å². The summed E-state index contributed by atoms with van der Waals surface area (Å²) in [5.41, 5.74) is 1.09. The Balaban J connectivity index is 1.81. The number of benzene rings is 1. The number of nitrogens with one attached hydrogen (secondary N) is 1. The van der Waals surface area contributed by atoms with Crippen molar-refractivity contribution in [2.45, 2.75) is 31.9 Å². The predicted molar refractivity (Wildman–Crippen MR) is 88.7 cm³/mol. The minimum absolute atomic E-state index is 0.225. The van der Waals surface area contributed by atoms with Gasteiger partial charge in [-0.05, 0) is 42.8 Å². The molecule has 1 fully saturated rings. The van der Waals surface area contributed by atoms with Gasteiger partial charge in [-0.3, -0.25) is 5.10 Å². The molecule has 1 aromatic heterocycles. The molecule has 1 unspecified atom stereocenters. The molecule has 2 aromatic rings. The van der Waals surface area contributed by atoms with E-state index in [0.717, 1.165) is 43.1 Å². The zero-order chi connectivity index (χ0) is 16.2. The monoisotopic (exact) mass is 335 g/mol. The van der Waals surface area contributed by atoms with Crippen LogP contribution >= 0.6 is 12.2 Å². The van der Waals surface area contributed by atoms with Crippen molar-refractivity contribution in [3.8, 4) is 11.5 Å². The van der Waals surface area contributed by atoms with Crippen LogP contribution in [0.3, 0.4) is 0 Å². The fourth-order valence-electron chi connectivity index (χ4n) is 2.84. The summed E-state index contributed by atoms with van der Waals surface area (Å²) in [5.74, 6) is 2.33. The van der Waals surface area contributed by atoms with Gasteiger partial charge in [-0.25, -0.2) is 0 Å². The maximum atomic E-state index is 5.71. The molecule has 1 aromatic carbocycles. The molecule has 23 heavy (non-hydrogen) atoms. The van der Waals surface area contributed by atoms with Crippen LogP contribution in [0.15, 0.2) is 18.2 Å². The zero-order valence-corrected chi connectivity index (χ0v) is 14.2. The van der Waals surface area contributed by atoms with Crippen molar-refractivity contribution in [3.63, 3.8) is 0 Å². The first-order chi connectivity index (χ1) is 11.2. The summed E-state index contributed by atoms with van der Waals surface area (Å²) in [5, 5.41) is 7.26. The van der Waals surface area contributed by atoms with Gasteiger partial charge in [0.1, 0.15) is 5.82 Å². The Morgan fingerprint density at radius 2 is 2.17 bits per heavy atom. The van der Waals surface area contributed by atoms with Crippen LogP contribution < -0.4 is 9.47 Å². The highest BCUT2D eigenvalue weighted by molar-refractivity contribution is 7.71. The lowest BCUT2D eigenvalue weighted by atomic mass is 10.1. The third kappa shape index (κ3) is 3.56. The molecule has 1 aliphatic heterocycles.